The Hall–Kier alpha value is -1.000. The molecule has 0 heterocycles. The van der Waals surface area contributed by atoms with E-state index in [2.05, 4.69) is 15.9 Å². The van der Waals surface area contributed by atoms with Gasteiger partial charge in [-0.2, -0.15) is 10.5 Å². The molecule has 74 valence electrons. The molecule has 0 amide bonds. The van der Waals surface area contributed by atoms with Gasteiger partial charge in [-0.25, -0.2) is 0 Å². The van der Waals surface area contributed by atoms with E-state index < -0.39 is 0 Å². The van der Waals surface area contributed by atoms with Crippen molar-refractivity contribution in [3.63, 3.8) is 0 Å². The van der Waals surface area contributed by atoms with Gasteiger partial charge in [0, 0.05) is 4.47 Å². The minimum atomic E-state index is -0.0183. The molecule has 0 spiro atoms. The Balaban J connectivity index is 3.32. The van der Waals surface area contributed by atoms with Crippen LogP contribution in [0, 0.1) is 22.7 Å². The van der Waals surface area contributed by atoms with Gasteiger partial charge in [-0.3, -0.25) is 0 Å². The van der Waals surface area contributed by atoms with Crippen LogP contribution in [-0.2, 0) is 0 Å². The number of benzene rings is 1. The van der Waals surface area contributed by atoms with Gasteiger partial charge in [-0.05, 0) is 33.6 Å². The molecular weight excluding hydrogens is 299 g/mol. The van der Waals surface area contributed by atoms with E-state index in [1.807, 2.05) is 0 Å². The van der Waals surface area contributed by atoms with Crippen LogP contribution in [0.5, 0.6) is 0 Å². The van der Waals surface area contributed by atoms with E-state index in [0.717, 1.165) is 0 Å². The zero-order valence-corrected chi connectivity index (χ0v) is 10.4. The van der Waals surface area contributed by atoms with Crippen molar-refractivity contribution in [2.24, 2.45) is 0 Å². The predicted molar refractivity (Wildman–Crippen MR) is 63.4 cm³/mol. The summed E-state index contributed by atoms with van der Waals surface area (Å²) < 4.78 is 0.668. The van der Waals surface area contributed by atoms with Crippen molar-refractivity contribution in [1.82, 2.24) is 0 Å². The summed E-state index contributed by atoms with van der Waals surface area (Å²) in [7, 11) is 0. The molecule has 5 heteroatoms. The summed E-state index contributed by atoms with van der Waals surface area (Å²) in [6, 6.07) is 6.87. The molecule has 0 unspecified atom stereocenters. The molecule has 0 aliphatic rings. The summed E-state index contributed by atoms with van der Waals surface area (Å²) in [6.07, 6.45) is 1.39. The predicted octanol–water partition coefficient (Wildman–Crippen LogP) is 4.19. The Morgan fingerprint density at radius 1 is 1.20 bits per heavy atom. The molecule has 0 radical (unpaired) electrons. The van der Waals surface area contributed by atoms with Crippen LogP contribution in [0.4, 0.5) is 0 Å². The number of nitriles is 2. The van der Waals surface area contributed by atoms with E-state index in [9.17, 15) is 0 Å². The maximum atomic E-state index is 8.58. The number of rotatable bonds is 1. The molecule has 1 rings (SSSR count). The molecular formula is C10H3BrCl2N2. The van der Waals surface area contributed by atoms with Gasteiger partial charge in [0.1, 0.15) is 17.7 Å². The molecule has 0 N–H and O–H groups in total. The quantitative estimate of drug-likeness (QED) is 0.577. The molecule has 0 bridgehead atoms. The number of hydrogen-bond donors (Lipinski definition) is 0. The van der Waals surface area contributed by atoms with Gasteiger partial charge in [-0.15, -0.1) is 0 Å². The van der Waals surface area contributed by atoms with Gasteiger partial charge in [-0.1, -0.05) is 29.3 Å². The monoisotopic (exact) mass is 300 g/mol. The van der Waals surface area contributed by atoms with Crippen LogP contribution < -0.4 is 0 Å². The van der Waals surface area contributed by atoms with Crippen LogP contribution in [0.3, 0.4) is 0 Å². The van der Waals surface area contributed by atoms with Gasteiger partial charge < -0.3 is 0 Å². The molecule has 0 aromatic heterocycles. The lowest BCUT2D eigenvalue weighted by Gasteiger charge is -2.02. The summed E-state index contributed by atoms with van der Waals surface area (Å²) >= 11 is 15.0. The second kappa shape index (κ2) is 5.19. The minimum absolute atomic E-state index is 0.0183. The average molecular weight is 302 g/mol. The molecule has 0 aliphatic carbocycles. The highest BCUT2D eigenvalue weighted by molar-refractivity contribution is 9.10. The fraction of sp³-hybridized carbons (Fsp3) is 0. The third kappa shape index (κ3) is 2.73. The van der Waals surface area contributed by atoms with E-state index in [1.54, 1.807) is 24.3 Å². The number of halogens is 3. The highest BCUT2D eigenvalue weighted by Crippen LogP contribution is 2.33. The van der Waals surface area contributed by atoms with Crippen molar-refractivity contribution < 1.29 is 0 Å². The van der Waals surface area contributed by atoms with E-state index in [1.165, 1.54) is 6.08 Å². The minimum Gasteiger partial charge on any atom is -0.192 e. The Kier molecular flexibility index (Phi) is 4.17. The summed E-state index contributed by atoms with van der Waals surface area (Å²) in [6.45, 7) is 0. The van der Waals surface area contributed by atoms with Gasteiger partial charge in [0.15, 0.2) is 0 Å². The van der Waals surface area contributed by atoms with Crippen molar-refractivity contribution in [2.45, 2.75) is 0 Å². The fourth-order valence-electron chi connectivity index (χ4n) is 0.897. The maximum Gasteiger partial charge on any atom is 0.130 e. The smallest absolute Gasteiger partial charge is 0.130 e. The van der Waals surface area contributed by atoms with E-state index >= 15 is 0 Å². The second-order valence-electron chi connectivity index (χ2n) is 2.55. The van der Waals surface area contributed by atoms with E-state index in [-0.39, 0.29) is 5.57 Å². The van der Waals surface area contributed by atoms with Crippen molar-refractivity contribution >= 4 is 45.2 Å². The second-order valence-corrected chi connectivity index (χ2v) is 4.16. The van der Waals surface area contributed by atoms with Gasteiger partial charge in [0.25, 0.3) is 0 Å². The van der Waals surface area contributed by atoms with Gasteiger partial charge >= 0.3 is 0 Å². The van der Waals surface area contributed by atoms with Crippen molar-refractivity contribution in [2.75, 3.05) is 0 Å². The molecule has 1 aromatic rings. The third-order valence-corrected chi connectivity index (χ3v) is 3.39. The summed E-state index contributed by atoms with van der Waals surface area (Å²) in [5.74, 6) is 0. The first-order chi connectivity index (χ1) is 7.10. The Bertz CT molecular complexity index is 493. The summed E-state index contributed by atoms with van der Waals surface area (Å²) in [5.41, 5.74) is 0.526. The van der Waals surface area contributed by atoms with Gasteiger partial charge in [0.2, 0.25) is 0 Å². The van der Waals surface area contributed by atoms with Crippen LogP contribution in [0.2, 0.25) is 10.0 Å². The topological polar surface area (TPSA) is 47.6 Å². The normalized spacial score (nSPS) is 8.87. The maximum absolute atomic E-state index is 8.58. The third-order valence-electron chi connectivity index (χ3n) is 1.61. The first kappa shape index (κ1) is 12.1. The Morgan fingerprint density at radius 3 is 2.33 bits per heavy atom. The lowest BCUT2D eigenvalue weighted by atomic mass is 10.1. The number of hydrogen-bond acceptors (Lipinski definition) is 2. The molecule has 2 nitrogen and oxygen atoms in total. The van der Waals surface area contributed by atoms with Crippen LogP contribution in [0.25, 0.3) is 6.08 Å². The van der Waals surface area contributed by atoms with Crippen molar-refractivity contribution in [3.05, 3.63) is 37.8 Å². The SMILES string of the molecule is N#CC(C#N)=Cc1ccc(Br)c(Cl)c1Cl. The fourth-order valence-corrected chi connectivity index (χ4v) is 1.73. The molecule has 0 aliphatic heterocycles. The standard InChI is InChI=1S/C10H3BrCl2N2/c11-8-2-1-7(9(12)10(8)13)3-6(4-14)5-15/h1-3H. The lowest BCUT2D eigenvalue weighted by Crippen LogP contribution is -1.81. The highest BCUT2D eigenvalue weighted by Gasteiger charge is 2.07. The van der Waals surface area contributed by atoms with E-state index in [4.69, 9.17) is 33.7 Å². The number of allylic oxidation sites excluding steroid dienone is 1. The molecule has 0 fully saturated rings. The first-order valence-electron chi connectivity index (χ1n) is 3.75. The zero-order valence-electron chi connectivity index (χ0n) is 7.26. The van der Waals surface area contributed by atoms with Crippen molar-refractivity contribution in [3.8, 4) is 12.1 Å². The van der Waals surface area contributed by atoms with Crippen LogP contribution in [0.15, 0.2) is 22.2 Å². The first-order valence-corrected chi connectivity index (χ1v) is 5.30. The van der Waals surface area contributed by atoms with Crippen LogP contribution >= 0.6 is 39.1 Å². The molecule has 0 atom stereocenters. The van der Waals surface area contributed by atoms with E-state index in [0.29, 0.717) is 20.1 Å². The Morgan fingerprint density at radius 2 is 1.80 bits per heavy atom. The molecule has 1 aromatic carbocycles. The molecule has 0 saturated heterocycles. The highest BCUT2D eigenvalue weighted by atomic mass is 79.9. The van der Waals surface area contributed by atoms with Crippen molar-refractivity contribution in [1.29, 1.82) is 10.5 Å². The molecule has 15 heavy (non-hydrogen) atoms. The summed E-state index contributed by atoms with van der Waals surface area (Å²) in [4.78, 5) is 0. The van der Waals surface area contributed by atoms with Crippen LogP contribution in [0.1, 0.15) is 5.56 Å². The largest absolute Gasteiger partial charge is 0.192 e. The van der Waals surface area contributed by atoms with Gasteiger partial charge in [0.05, 0.1) is 10.0 Å². The van der Waals surface area contributed by atoms with Crippen LogP contribution in [-0.4, -0.2) is 0 Å². The summed E-state index contributed by atoms with van der Waals surface area (Å²) in [5, 5.41) is 17.8. The Labute approximate surface area is 105 Å². The lowest BCUT2D eigenvalue weighted by molar-refractivity contribution is 1.47. The zero-order chi connectivity index (χ0) is 11.4. The molecule has 0 saturated carbocycles. The average Bonchev–Trinajstić information content (AvgIpc) is 2.25. The number of nitrogens with zero attached hydrogens (tertiary/aromatic N) is 2.